The molecule has 0 radical (unpaired) electrons. The first kappa shape index (κ1) is 20.5. The predicted molar refractivity (Wildman–Crippen MR) is 120 cm³/mol. The fourth-order valence-corrected chi connectivity index (χ4v) is 3.75. The van der Waals surface area contributed by atoms with Gasteiger partial charge >= 0.3 is 0 Å². The maximum Gasteiger partial charge on any atom is 0.227 e. The van der Waals surface area contributed by atoms with Gasteiger partial charge in [-0.1, -0.05) is 42.5 Å². The monoisotopic (exact) mass is 414 g/mol. The van der Waals surface area contributed by atoms with Gasteiger partial charge in [0, 0.05) is 24.3 Å². The Balaban J connectivity index is 1.61. The molecular formula is C26H23FN2O2. The van der Waals surface area contributed by atoms with Gasteiger partial charge in [0.05, 0.1) is 13.0 Å². The number of nitrogens with one attached hydrogen (secondary N) is 1. The van der Waals surface area contributed by atoms with Gasteiger partial charge < -0.3 is 10.1 Å². The number of hydrogen-bond acceptors (Lipinski definition) is 3. The van der Waals surface area contributed by atoms with Crippen molar-refractivity contribution in [3.05, 3.63) is 96.1 Å². The van der Waals surface area contributed by atoms with Gasteiger partial charge in [0.15, 0.2) is 0 Å². The first-order valence-corrected chi connectivity index (χ1v) is 10.1. The van der Waals surface area contributed by atoms with Crippen LogP contribution >= 0.6 is 0 Å². The molecule has 1 heterocycles. The first-order valence-electron chi connectivity index (χ1n) is 10.1. The molecule has 0 bridgehead atoms. The normalized spacial score (nSPS) is 11.8. The van der Waals surface area contributed by atoms with Crippen molar-refractivity contribution < 1.29 is 13.9 Å². The third kappa shape index (κ3) is 4.26. The zero-order valence-electron chi connectivity index (χ0n) is 17.4. The van der Waals surface area contributed by atoms with Crippen LogP contribution in [0.1, 0.15) is 24.0 Å². The third-order valence-corrected chi connectivity index (χ3v) is 5.51. The minimum Gasteiger partial charge on any atom is -0.497 e. The molecule has 0 aliphatic rings. The molecule has 1 amide bonds. The Morgan fingerprint density at radius 3 is 2.71 bits per heavy atom. The molecule has 5 heteroatoms. The SMILES string of the molecule is COc1cccc(-c2ccc(CNC(=O)C(C)c3ccccc3F)c3cnccc23)c1. The first-order chi connectivity index (χ1) is 15.1. The molecule has 0 aliphatic heterocycles. The van der Waals surface area contributed by atoms with Gasteiger partial charge in [0.2, 0.25) is 5.91 Å². The van der Waals surface area contributed by atoms with Crippen molar-refractivity contribution in [3.8, 4) is 16.9 Å². The Morgan fingerprint density at radius 1 is 1.06 bits per heavy atom. The van der Waals surface area contributed by atoms with Crippen LogP contribution in [0.3, 0.4) is 0 Å². The maximum absolute atomic E-state index is 14.0. The van der Waals surface area contributed by atoms with Gasteiger partial charge in [-0.25, -0.2) is 4.39 Å². The lowest BCUT2D eigenvalue weighted by Gasteiger charge is -2.15. The van der Waals surface area contributed by atoms with Crippen LogP contribution in [-0.2, 0) is 11.3 Å². The van der Waals surface area contributed by atoms with Crippen molar-refractivity contribution in [2.24, 2.45) is 0 Å². The standard InChI is InChI=1S/C26H23FN2O2/c1-17(21-8-3-4-9-25(21)27)26(30)29-15-19-10-11-22(23-12-13-28-16-24(19)23)18-6-5-7-20(14-18)31-2/h3-14,16-17H,15H2,1-2H3,(H,29,30). The summed E-state index contributed by atoms with van der Waals surface area (Å²) < 4.78 is 19.4. The number of rotatable bonds is 6. The minimum atomic E-state index is -0.582. The smallest absolute Gasteiger partial charge is 0.227 e. The summed E-state index contributed by atoms with van der Waals surface area (Å²) in [5.74, 6) is -0.388. The number of carbonyl (C=O) groups excluding carboxylic acids is 1. The molecule has 1 N–H and O–H groups in total. The van der Waals surface area contributed by atoms with Gasteiger partial charge in [-0.2, -0.15) is 0 Å². The fourth-order valence-electron chi connectivity index (χ4n) is 3.75. The van der Waals surface area contributed by atoms with Crippen LogP contribution in [-0.4, -0.2) is 18.0 Å². The Labute approximate surface area is 180 Å². The number of nitrogens with zero attached hydrogens (tertiary/aromatic N) is 1. The lowest BCUT2D eigenvalue weighted by Crippen LogP contribution is -2.28. The highest BCUT2D eigenvalue weighted by Crippen LogP contribution is 2.32. The Kier molecular flexibility index (Phi) is 5.94. The number of carbonyl (C=O) groups is 1. The Hall–Kier alpha value is -3.73. The Bertz CT molecular complexity index is 1240. The number of halogens is 1. The van der Waals surface area contributed by atoms with E-state index >= 15 is 0 Å². The minimum absolute atomic E-state index is 0.223. The number of ether oxygens (including phenoxy) is 1. The van der Waals surface area contributed by atoms with Crippen molar-refractivity contribution in [1.29, 1.82) is 0 Å². The van der Waals surface area contributed by atoms with Crippen LogP contribution in [0.5, 0.6) is 5.75 Å². The summed E-state index contributed by atoms with van der Waals surface area (Å²) in [5, 5.41) is 4.94. The molecule has 31 heavy (non-hydrogen) atoms. The summed E-state index contributed by atoms with van der Waals surface area (Å²) in [6.45, 7) is 2.04. The van der Waals surface area contributed by atoms with Crippen LogP contribution < -0.4 is 10.1 Å². The van der Waals surface area contributed by atoms with Crippen molar-refractivity contribution in [3.63, 3.8) is 0 Å². The summed E-state index contributed by atoms with van der Waals surface area (Å²) in [4.78, 5) is 16.9. The second-order valence-electron chi connectivity index (χ2n) is 7.39. The van der Waals surface area contributed by atoms with Crippen LogP contribution in [0.15, 0.2) is 79.1 Å². The molecule has 156 valence electrons. The molecule has 1 aromatic heterocycles. The third-order valence-electron chi connectivity index (χ3n) is 5.51. The second-order valence-corrected chi connectivity index (χ2v) is 7.39. The molecule has 0 saturated carbocycles. The van der Waals surface area contributed by atoms with E-state index in [1.165, 1.54) is 6.07 Å². The number of methoxy groups -OCH3 is 1. The second kappa shape index (κ2) is 8.96. The molecule has 0 fully saturated rings. The molecule has 0 spiro atoms. The molecule has 4 aromatic rings. The van der Waals surface area contributed by atoms with Crippen LogP contribution in [0, 0.1) is 5.82 Å². The van der Waals surface area contributed by atoms with E-state index in [4.69, 9.17) is 4.74 Å². The van der Waals surface area contributed by atoms with E-state index in [0.717, 1.165) is 33.2 Å². The van der Waals surface area contributed by atoms with Crippen molar-refractivity contribution in [2.75, 3.05) is 7.11 Å². The Morgan fingerprint density at radius 2 is 1.90 bits per heavy atom. The summed E-state index contributed by atoms with van der Waals surface area (Å²) >= 11 is 0. The van der Waals surface area contributed by atoms with E-state index in [2.05, 4.69) is 10.3 Å². The van der Waals surface area contributed by atoms with Gasteiger partial charge in [-0.15, -0.1) is 0 Å². The molecular weight excluding hydrogens is 391 g/mol. The lowest BCUT2D eigenvalue weighted by molar-refractivity contribution is -0.122. The van der Waals surface area contributed by atoms with E-state index in [9.17, 15) is 9.18 Å². The van der Waals surface area contributed by atoms with E-state index in [1.807, 2.05) is 42.5 Å². The molecule has 3 aromatic carbocycles. The largest absolute Gasteiger partial charge is 0.497 e. The van der Waals surface area contributed by atoms with E-state index in [-0.39, 0.29) is 11.7 Å². The zero-order chi connectivity index (χ0) is 21.8. The van der Waals surface area contributed by atoms with E-state index in [0.29, 0.717) is 12.1 Å². The van der Waals surface area contributed by atoms with Crippen molar-refractivity contribution in [1.82, 2.24) is 10.3 Å². The highest BCUT2D eigenvalue weighted by Gasteiger charge is 2.18. The highest BCUT2D eigenvalue weighted by molar-refractivity contribution is 5.98. The fraction of sp³-hybridized carbons (Fsp3) is 0.154. The molecule has 1 atom stereocenters. The number of benzene rings is 3. The quantitative estimate of drug-likeness (QED) is 0.455. The number of amides is 1. The number of aromatic nitrogens is 1. The molecule has 0 saturated heterocycles. The van der Waals surface area contributed by atoms with Gasteiger partial charge in [-0.3, -0.25) is 9.78 Å². The number of fused-ring (bicyclic) bond motifs is 1. The van der Waals surface area contributed by atoms with Crippen molar-refractivity contribution in [2.45, 2.75) is 19.4 Å². The van der Waals surface area contributed by atoms with Gasteiger partial charge in [0.25, 0.3) is 0 Å². The highest BCUT2D eigenvalue weighted by atomic mass is 19.1. The van der Waals surface area contributed by atoms with Crippen LogP contribution in [0.25, 0.3) is 21.9 Å². The molecule has 4 rings (SSSR count). The van der Waals surface area contributed by atoms with E-state index in [1.54, 1.807) is 44.6 Å². The van der Waals surface area contributed by atoms with Crippen LogP contribution in [0.4, 0.5) is 4.39 Å². The topological polar surface area (TPSA) is 51.2 Å². The number of hydrogen-bond donors (Lipinski definition) is 1. The lowest BCUT2D eigenvalue weighted by atomic mass is 9.95. The summed E-state index contributed by atoms with van der Waals surface area (Å²) in [6, 6.07) is 20.3. The molecule has 1 unspecified atom stereocenters. The molecule has 0 aliphatic carbocycles. The maximum atomic E-state index is 14.0. The van der Waals surface area contributed by atoms with Crippen LogP contribution in [0.2, 0.25) is 0 Å². The van der Waals surface area contributed by atoms with Gasteiger partial charge in [-0.05, 0) is 58.8 Å². The summed E-state index contributed by atoms with van der Waals surface area (Å²) in [5.41, 5.74) is 3.44. The van der Waals surface area contributed by atoms with Crippen molar-refractivity contribution >= 4 is 16.7 Å². The number of pyridine rings is 1. The average Bonchev–Trinajstić information content (AvgIpc) is 2.82. The predicted octanol–water partition coefficient (Wildman–Crippen LogP) is 5.47. The van der Waals surface area contributed by atoms with Gasteiger partial charge in [0.1, 0.15) is 11.6 Å². The summed E-state index contributed by atoms with van der Waals surface area (Å²) in [7, 11) is 1.65. The zero-order valence-corrected chi connectivity index (χ0v) is 17.4. The average molecular weight is 414 g/mol. The summed E-state index contributed by atoms with van der Waals surface area (Å²) in [6.07, 6.45) is 3.56. The molecule has 4 nitrogen and oxygen atoms in total. The van der Waals surface area contributed by atoms with E-state index < -0.39 is 5.92 Å².